The topological polar surface area (TPSA) is 61.4 Å². The number of anilines is 2. The van der Waals surface area contributed by atoms with Crippen LogP contribution in [0.2, 0.25) is 0 Å². The van der Waals surface area contributed by atoms with Gasteiger partial charge in [0.15, 0.2) is 0 Å². The van der Waals surface area contributed by atoms with Gasteiger partial charge in [-0.15, -0.1) is 0 Å². The Morgan fingerprint density at radius 1 is 1.25 bits per heavy atom. The third-order valence-electron chi connectivity index (χ3n) is 3.66. The summed E-state index contributed by atoms with van der Waals surface area (Å²) in [6.45, 7) is 0.662. The van der Waals surface area contributed by atoms with E-state index in [1.54, 1.807) is 18.2 Å². The van der Waals surface area contributed by atoms with Crippen LogP contribution in [-0.4, -0.2) is 17.6 Å². The molecule has 1 amide bonds. The Morgan fingerprint density at radius 3 is 2.75 bits per heavy atom. The molecular weight excluding hydrogens is 204 g/mol. The van der Waals surface area contributed by atoms with Gasteiger partial charge in [-0.25, -0.2) is 0 Å². The molecule has 1 saturated carbocycles. The molecule has 0 bridgehead atoms. The SMILES string of the molecule is O=C1Nc2ccc(O)cc2NCC12CCC2. The summed E-state index contributed by atoms with van der Waals surface area (Å²) in [4.78, 5) is 12.1. The maximum atomic E-state index is 12.1. The lowest BCUT2D eigenvalue weighted by Gasteiger charge is -2.38. The Labute approximate surface area is 93.7 Å². The van der Waals surface area contributed by atoms with Crippen LogP contribution in [0.5, 0.6) is 5.75 Å². The number of fused-ring (bicyclic) bond motifs is 1. The largest absolute Gasteiger partial charge is 0.508 e. The van der Waals surface area contributed by atoms with Crippen molar-refractivity contribution in [3.05, 3.63) is 18.2 Å². The fourth-order valence-corrected chi connectivity index (χ4v) is 2.39. The van der Waals surface area contributed by atoms with Gasteiger partial charge in [0, 0.05) is 12.6 Å². The molecule has 0 unspecified atom stereocenters. The van der Waals surface area contributed by atoms with Crippen LogP contribution >= 0.6 is 0 Å². The molecule has 16 heavy (non-hydrogen) atoms. The second-order valence-electron chi connectivity index (χ2n) is 4.67. The van der Waals surface area contributed by atoms with Gasteiger partial charge in [-0.05, 0) is 25.0 Å². The van der Waals surface area contributed by atoms with Gasteiger partial charge < -0.3 is 15.7 Å². The monoisotopic (exact) mass is 218 g/mol. The Bertz CT molecular complexity index is 452. The summed E-state index contributed by atoms with van der Waals surface area (Å²) < 4.78 is 0. The van der Waals surface area contributed by atoms with Crippen LogP contribution < -0.4 is 10.6 Å². The van der Waals surface area contributed by atoms with Crippen LogP contribution in [0.15, 0.2) is 18.2 Å². The minimum Gasteiger partial charge on any atom is -0.508 e. The van der Waals surface area contributed by atoms with Crippen LogP contribution in [0.3, 0.4) is 0 Å². The minimum absolute atomic E-state index is 0.107. The number of carbonyl (C=O) groups is 1. The molecule has 3 rings (SSSR count). The number of amides is 1. The summed E-state index contributed by atoms with van der Waals surface area (Å²) >= 11 is 0. The number of rotatable bonds is 0. The first-order valence-corrected chi connectivity index (χ1v) is 5.58. The van der Waals surface area contributed by atoms with Gasteiger partial charge in [0.05, 0.1) is 16.8 Å². The van der Waals surface area contributed by atoms with E-state index in [0.29, 0.717) is 6.54 Å². The molecule has 1 spiro atoms. The maximum Gasteiger partial charge on any atom is 0.232 e. The summed E-state index contributed by atoms with van der Waals surface area (Å²) in [7, 11) is 0. The van der Waals surface area contributed by atoms with E-state index in [9.17, 15) is 9.90 Å². The summed E-state index contributed by atoms with van der Waals surface area (Å²) in [5.41, 5.74) is 1.33. The van der Waals surface area contributed by atoms with Crippen LogP contribution in [0.1, 0.15) is 19.3 Å². The predicted molar refractivity (Wildman–Crippen MR) is 61.5 cm³/mol. The summed E-state index contributed by atoms with van der Waals surface area (Å²) in [5, 5.41) is 15.6. The standard InChI is InChI=1S/C12H14N2O2/c15-8-2-3-9-10(6-8)13-7-12(4-1-5-12)11(16)14-9/h2-3,6,13,15H,1,4-5,7H2,(H,14,16). The first-order valence-electron chi connectivity index (χ1n) is 5.58. The zero-order valence-electron chi connectivity index (χ0n) is 8.92. The molecule has 1 fully saturated rings. The van der Waals surface area contributed by atoms with Crippen molar-refractivity contribution >= 4 is 17.3 Å². The Balaban J connectivity index is 1.96. The molecule has 3 N–H and O–H groups in total. The lowest BCUT2D eigenvalue weighted by atomic mass is 9.68. The molecule has 4 heteroatoms. The highest BCUT2D eigenvalue weighted by atomic mass is 16.3. The average molecular weight is 218 g/mol. The van der Waals surface area contributed by atoms with E-state index in [-0.39, 0.29) is 17.1 Å². The highest BCUT2D eigenvalue weighted by Crippen LogP contribution is 2.44. The van der Waals surface area contributed by atoms with Gasteiger partial charge >= 0.3 is 0 Å². The predicted octanol–water partition coefficient (Wildman–Crippen LogP) is 1.93. The second-order valence-corrected chi connectivity index (χ2v) is 4.67. The fourth-order valence-electron chi connectivity index (χ4n) is 2.39. The van der Waals surface area contributed by atoms with E-state index >= 15 is 0 Å². The zero-order chi connectivity index (χ0) is 11.2. The molecule has 0 aromatic heterocycles. The lowest BCUT2D eigenvalue weighted by Crippen LogP contribution is -2.45. The van der Waals surface area contributed by atoms with Gasteiger partial charge in [0.1, 0.15) is 5.75 Å². The number of phenols is 1. The second kappa shape index (κ2) is 3.14. The molecule has 1 aromatic carbocycles. The molecular formula is C12H14N2O2. The number of hydrogen-bond acceptors (Lipinski definition) is 3. The number of hydrogen-bond donors (Lipinski definition) is 3. The molecule has 84 valence electrons. The van der Waals surface area contributed by atoms with Gasteiger partial charge in [-0.3, -0.25) is 4.79 Å². The summed E-state index contributed by atoms with van der Waals surface area (Å²) in [5.74, 6) is 0.320. The van der Waals surface area contributed by atoms with Crippen molar-refractivity contribution in [2.45, 2.75) is 19.3 Å². The van der Waals surface area contributed by atoms with Crippen molar-refractivity contribution in [2.75, 3.05) is 17.2 Å². The van der Waals surface area contributed by atoms with Crippen LogP contribution in [0.25, 0.3) is 0 Å². The third kappa shape index (κ3) is 1.26. The van der Waals surface area contributed by atoms with Gasteiger partial charge in [0.25, 0.3) is 0 Å². The minimum atomic E-state index is -0.228. The number of aromatic hydroxyl groups is 1. The molecule has 0 saturated heterocycles. The van der Waals surface area contributed by atoms with Crippen LogP contribution in [0.4, 0.5) is 11.4 Å². The quantitative estimate of drug-likeness (QED) is 0.583. The van der Waals surface area contributed by atoms with E-state index in [2.05, 4.69) is 10.6 Å². The van der Waals surface area contributed by atoms with Crippen molar-refractivity contribution in [1.29, 1.82) is 0 Å². The molecule has 2 aliphatic rings. The first kappa shape index (κ1) is 9.51. The van der Waals surface area contributed by atoms with Gasteiger partial charge in [-0.2, -0.15) is 0 Å². The zero-order valence-corrected chi connectivity index (χ0v) is 8.92. The van der Waals surface area contributed by atoms with E-state index < -0.39 is 0 Å². The maximum absolute atomic E-state index is 12.1. The van der Waals surface area contributed by atoms with E-state index in [1.165, 1.54) is 0 Å². The highest BCUT2D eigenvalue weighted by Gasteiger charge is 2.45. The number of nitrogens with one attached hydrogen (secondary N) is 2. The van der Waals surface area contributed by atoms with Crippen molar-refractivity contribution < 1.29 is 9.90 Å². The highest BCUT2D eigenvalue weighted by molar-refractivity contribution is 6.00. The number of phenolic OH excluding ortho intramolecular Hbond substituents is 1. The molecule has 1 aliphatic heterocycles. The van der Waals surface area contributed by atoms with Gasteiger partial charge in [0.2, 0.25) is 5.91 Å². The van der Waals surface area contributed by atoms with E-state index in [1.807, 2.05) is 0 Å². The Morgan fingerprint density at radius 2 is 2.06 bits per heavy atom. The van der Waals surface area contributed by atoms with Crippen LogP contribution in [-0.2, 0) is 4.79 Å². The smallest absolute Gasteiger partial charge is 0.232 e. The third-order valence-corrected chi connectivity index (χ3v) is 3.66. The molecule has 0 radical (unpaired) electrons. The Kier molecular flexibility index (Phi) is 1.87. The molecule has 1 aliphatic carbocycles. The Hall–Kier alpha value is -1.71. The van der Waals surface area contributed by atoms with Crippen molar-refractivity contribution in [1.82, 2.24) is 0 Å². The normalized spacial score (nSPS) is 21.4. The lowest BCUT2D eigenvalue weighted by molar-refractivity contribution is -0.129. The summed E-state index contributed by atoms with van der Waals surface area (Å²) in [6, 6.07) is 4.96. The van der Waals surface area contributed by atoms with Crippen molar-refractivity contribution in [2.24, 2.45) is 5.41 Å². The van der Waals surface area contributed by atoms with Crippen molar-refractivity contribution in [3.63, 3.8) is 0 Å². The number of benzene rings is 1. The fraction of sp³-hybridized carbons (Fsp3) is 0.417. The van der Waals surface area contributed by atoms with E-state index in [4.69, 9.17) is 0 Å². The van der Waals surface area contributed by atoms with E-state index in [0.717, 1.165) is 30.6 Å². The molecule has 0 atom stereocenters. The van der Waals surface area contributed by atoms with Crippen LogP contribution in [0, 0.1) is 5.41 Å². The number of carbonyl (C=O) groups excluding carboxylic acids is 1. The van der Waals surface area contributed by atoms with Gasteiger partial charge in [-0.1, -0.05) is 6.42 Å². The average Bonchev–Trinajstić information content (AvgIpc) is 2.33. The first-order chi connectivity index (χ1) is 7.70. The molecule has 1 heterocycles. The molecule has 1 aromatic rings. The molecule has 4 nitrogen and oxygen atoms in total. The van der Waals surface area contributed by atoms with Crippen molar-refractivity contribution in [3.8, 4) is 5.75 Å². The summed E-state index contributed by atoms with van der Waals surface area (Å²) in [6.07, 6.45) is 3.02.